The SMILES string of the molecule is C=CC(=O)N1Cc2cc(-c3nc(-c4ccc5cnn(C)c5c4)c4ccsc4c3-c3c(F)cc(F)cc3OC[C@@H](C)O)nn2C[C@H]1C. The van der Waals surface area contributed by atoms with E-state index in [0.29, 0.717) is 40.4 Å². The predicted octanol–water partition coefficient (Wildman–Crippen LogP) is 6.34. The standard InChI is InChI=1S/C34H30F2N6O3S/c1-5-29(44)41-16-23-13-26(39-42(23)15-18(41)2)33-31(30-25(36)11-22(35)12-28(30)45-17-19(3)43)34-24(8-9-46-34)32(38-33)20-6-7-21-14-37-40(4)27(21)10-20/h5-14,18-19,43H,1,15-17H2,2-4H3/t18-,19-/m1/s1. The molecule has 0 fully saturated rings. The first kappa shape index (κ1) is 29.8. The summed E-state index contributed by atoms with van der Waals surface area (Å²) in [6.07, 6.45) is 2.22. The Bertz CT molecular complexity index is 2170. The van der Waals surface area contributed by atoms with E-state index in [1.807, 2.05) is 54.4 Å². The van der Waals surface area contributed by atoms with Gasteiger partial charge in [0.2, 0.25) is 5.91 Å². The summed E-state index contributed by atoms with van der Waals surface area (Å²) in [5.74, 6) is -1.87. The summed E-state index contributed by atoms with van der Waals surface area (Å²) in [7, 11) is 1.87. The molecule has 6 aromatic rings. The van der Waals surface area contributed by atoms with E-state index < -0.39 is 17.7 Å². The van der Waals surface area contributed by atoms with E-state index in [1.165, 1.54) is 24.3 Å². The van der Waals surface area contributed by atoms with Crippen LogP contribution >= 0.6 is 11.3 Å². The second-order valence-corrected chi connectivity index (χ2v) is 12.4. The highest BCUT2D eigenvalue weighted by molar-refractivity contribution is 7.18. The lowest BCUT2D eigenvalue weighted by atomic mass is 9.96. The van der Waals surface area contributed by atoms with Crippen molar-refractivity contribution in [2.24, 2.45) is 7.05 Å². The Labute approximate surface area is 267 Å². The van der Waals surface area contributed by atoms with Crippen molar-refractivity contribution in [3.8, 4) is 39.5 Å². The molecule has 1 amide bonds. The van der Waals surface area contributed by atoms with Crippen LogP contribution in [0.1, 0.15) is 19.5 Å². The fourth-order valence-corrected chi connectivity index (χ4v) is 6.97. The number of aliphatic hydroxyl groups excluding tert-OH is 1. The number of halogens is 2. The van der Waals surface area contributed by atoms with Crippen LogP contribution in [0, 0.1) is 11.6 Å². The van der Waals surface area contributed by atoms with Crippen LogP contribution in [0.15, 0.2) is 66.7 Å². The van der Waals surface area contributed by atoms with E-state index in [9.17, 15) is 14.3 Å². The van der Waals surface area contributed by atoms with Gasteiger partial charge in [-0.2, -0.15) is 10.2 Å². The number of rotatable bonds is 7. The molecule has 2 atom stereocenters. The molecule has 5 heterocycles. The van der Waals surface area contributed by atoms with Crippen LogP contribution in [0.2, 0.25) is 0 Å². The number of carbonyl (C=O) groups is 1. The third-order valence-electron chi connectivity index (χ3n) is 8.24. The fraction of sp³-hybridized carbons (Fsp3) is 0.235. The predicted molar refractivity (Wildman–Crippen MR) is 173 cm³/mol. The molecular weight excluding hydrogens is 610 g/mol. The van der Waals surface area contributed by atoms with Crippen LogP contribution in [0.4, 0.5) is 8.78 Å². The van der Waals surface area contributed by atoms with Crippen LogP contribution in [-0.2, 0) is 24.9 Å². The molecule has 4 aromatic heterocycles. The lowest BCUT2D eigenvalue weighted by Crippen LogP contribution is -2.44. The number of aliphatic hydroxyl groups is 1. The van der Waals surface area contributed by atoms with Crippen molar-refractivity contribution in [3.63, 3.8) is 0 Å². The van der Waals surface area contributed by atoms with E-state index in [4.69, 9.17) is 14.8 Å². The second kappa shape index (κ2) is 11.5. The number of carbonyl (C=O) groups excluding carboxylic acids is 1. The summed E-state index contributed by atoms with van der Waals surface area (Å²) in [5.41, 5.74) is 4.46. The van der Waals surface area contributed by atoms with Crippen molar-refractivity contribution in [1.82, 2.24) is 29.4 Å². The summed E-state index contributed by atoms with van der Waals surface area (Å²) in [6, 6.07) is 11.6. The van der Waals surface area contributed by atoms with Crippen molar-refractivity contribution >= 4 is 38.2 Å². The number of hydrogen-bond acceptors (Lipinski definition) is 7. The minimum absolute atomic E-state index is 0.0217. The molecule has 1 N–H and O–H groups in total. The van der Waals surface area contributed by atoms with Gasteiger partial charge in [0, 0.05) is 51.8 Å². The molecule has 0 saturated heterocycles. The second-order valence-electron chi connectivity index (χ2n) is 11.5. The monoisotopic (exact) mass is 640 g/mol. The van der Waals surface area contributed by atoms with Gasteiger partial charge in [-0.15, -0.1) is 11.3 Å². The lowest BCUT2D eigenvalue weighted by Gasteiger charge is -2.33. The van der Waals surface area contributed by atoms with Crippen molar-refractivity contribution < 1.29 is 23.4 Å². The first-order chi connectivity index (χ1) is 22.1. The average Bonchev–Trinajstić information content (AvgIpc) is 3.77. The third kappa shape index (κ3) is 5.03. The van der Waals surface area contributed by atoms with Gasteiger partial charge in [0.1, 0.15) is 35.4 Å². The Balaban J connectivity index is 1.51. The van der Waals surface area contributed by atoms with Crippen LogP contribution in [0.25, 0.3) is 54.8 Å². The molecule has 1 aliphatic heterocycles. The molecule has 234 valence electrons. The highest BCUT2D eigenvalue weighted by atomic mass is 32.1. The first-order valence-corrected chi connectivity index (χ1v) is 15.6. The minimum atomic E-state index is -0.870. The number of thiophene rings is 1. The Kier molecular flexibility index (Phi) is 7.41. The van der Waals surface area contributed by atoms with E-state index in [2.05, 4.69) is 11.7 Å². The fourth-order valence-electron chi connectivity index (χ4n) is 6.02. The quantitative estimate of drug-likeness (QED) is 0.205. The molecule has 46 heavy (non-hydrogen) atoms. The molecule has 1 aliphatic rings. The van der Waals surface area contributed by atoms with Crippen molar-refractivity contribution in [3.05, 3.63) is 84.0 Å². The van der Waals surface area contributed by atoms with Gasteiger partial charge >= 0.3 is 0 Å². The zero-order valence-corrected chi connectivity index (χ0v) is 26.2. The number of fused-ring (bicyclic) bond motifs is 3. The average molecular weight is 641 g/mol. The zero-order chi connectivity index (χ0) is 32.3. The maximum Gasteiger partial charge on any atom is 0.246 e. The summed E-state index contributed by atoms with van der Waals surface area (Å²) < 4.78 is 40.8. The van der Waals surface area contributed by atoms with Crippen molar-refractivity contribution in [1.29, 1.82) is 0 Å². The summed E-state index contributed by atoms with van der Waals surface area (Å²) in [4.78, 5) is 19.5. The maximum atomic E-state index is 16.0. The number of amides is 1. The zero-order valence-electron chi connectivity index (χ0n) is 25.4. The summed E-state index contributed by atoms with van der Waals surface area (Å²) in [5, 5.41) is 22.9. The van der Waals surface area contributed by atoms with Gasteiger partial charge in [0.05, 0.1) is 47.9 Å². The van der Waals surface area contributed by atoms with E-state index in [0.717, 1.165) is 39.7 Å². The van der Waals surface area contributed by atoms with Crippen molar-refractivity contribution in [2.75, 3.05) is 6.61 Å². The molecule has 0 spiro atoms. The third-order valence-corrected chi connectivity index (χ3v) is 9.18. The highest BCUT2D eigenvalue weighted by Crippen LogP contribution is 2.47. The van der Waals surface area contributed by atoms with Gasteiger partial charge < -0.3 is 14.7 Å². The number of ether oxygens (including phenoxy) is 1. The number of aromatic nitrogens is 5. The van der Waals surface area contributed by atoms with E-state index in [1.54, 1.807) is 15.8 Å². The molecule has 0 radical (unpaired) electrons. The van der Waals surface area contributed by atoms with Crippen molar-refractivity contribution in [2.45, 2.75) is 39.1 Å². The Morgan fingerprint density at radius 1 is 1.20 bits per heavy atom. The first-order valence-electron chi connectivity index (χ1n) is 14.8. The molecule has 2 aromatic carbocycles. The van der Waals surface area contributed by atoms with Crippen LogP contribution in [-0.4, -0.2) is 59.2 Å². The molecule has 12 heteroatoms. The normalized spacial score (nSPS) is 15.3. The number of hydrogen-bond donors (Lipinski definition) is 1. The summed E-state index contributed by atoms with van der Waals surface area (Å²) in [6.45, 7) is 7.71. The van der Waals surface area contributed by atoms with Gasteiger partial charge in [-0.25, -0.2) is 13.8 Å². The van der Waals surface area contributed by atoms with Crippen LogP contribution < -0.4 is 4.74 Å². The Hall–Kier alpha value is -4.94. The molecule has 9 nitrogen and oxygen atoms in total. The molecule has 0 unspecified atom stereocenters. The van der Waals surface area contributed by atoms with Crippen LogP contribution in [0.3, 0.4) is 0 Å². The molecule has 7 rings (SSSR count). The molecule has 0 bridgehead atoms. The maximum absolute atomic E-state index is 16.0. The van der Waals surface area contributed by atoms with Gasteiger partial charge in [0.15, 0.2) is 0 Å². The Morgan fingerprint density at radius 3 is 2.80 bits per heavy atom. The van der Waals surface area contributed by atoms with E-state index in [-0.39, 0.29) is 29.9 Å². The lowest BCUT2D eigenvalue weighted by molar-refractivity contribution is -0.129. The smallest absolute Gasteiger partial charge is 0.246 e. The number of nitrogens with zero attached hydrogens (tertiary/aromatic N) is 6. The van der Waals surface area contributed by atoms with Gasteiger partial charge in [-0.1, -0.05) is 18.7 Å². The molecular formula is C34H30F2N6O3S. The largest absolute Gasteiger partial charge is 0.490 e. The van der Waals surface area contributed by atoms with Gasteiger partial charge in [-0.3, -0.25) is 14.2 Å². The number of pyridine rings is 1. The molecule has 0 saturated carbocycles. The van der Waals surface area contributed by atoms with Crippen LogP contribution in [0.5, 0.6) is 5.75 Å². The minimum Gasteiger partial charge on any atom is -0.490 e. The number of benzene rings is 2. The van der Waals surface area contributed by atoms with E-state index >= 15 is 4.39 Å². The van der Waals surface area contributed by atoms with Gasteiger partial charge in [0.25, 0.3) is 0 Å². The highest BCUT2D eigenvalue weighted by Gasteiger charge is 2.30. The molecule has 0 aliphatic carbocycles. The number of aryl methyl sites for hydroxylation is 1. The Morgan fingerprint density at radius 2 is 2.02 bits per heavy atom. The van der Waals surface area contributed by atoms with Gasteiger partial charge in [-0.05, 0) is 43.5 Å². The summed E-state index contributed by atoms with van der Waals surface area (Å²) >= 11 is 1.40. The topological polar surface area (TPSA) is 98.3 Å².